The Morgan fingerprint density at radius 3 is 2.59 bits per heavy atom. The highest BCUT2D eigenvalue weighted by Crippen LogP contribution is 2.27. The number of rotatable bonds is 8. The number of nitrogens with zero attached hydrogens (tertiary/aromatic N) is 1. The summed E-state index contributed by atoms with van der Waals surface area (Å²) in [6.07, 6.45) is 1.50. The SMILES string of the molecule is CCOc1ccc(NC(=O)/C(C#N)=C\c2cc(Br)ccc2OCc2cccc(Cl)c2)cc1. The lowest BCUT2D eigenvalue weighted by atomic mass is 10.1. The van der Waals surface area contributed by atoms with Crippen molar-refractivity contribution in [2.75, 3.05) is 11.9 Å². The van der Waals surface area contributed by atoms with Crippen LogP contribution in [0.25, 0.3) is 6.08 Å². The molecular formula is C25H20BrClN2O3. The van der Waals surface area contributed by atoms with E-state index in [-0.39, 0.29) is 5.57 Å². The molecule has 0 radical (unpaired) electrons. The normalized spacial score (nSPS) is 10.9. The van der Waals surface area contributed by atoms with Gasteiger partial charge in [-0.25, -0.2) is 0 Å². The van der Waals surface area contributed by atoms with Gasteiger partial charge in [-0.2, -0.15) is 5.26 Å². The molecule has 0 unspecified atom stereocenters. The first-order valence-corrected chi connectivity index (χ1v) is 11.0. The van der Waals surface area contributed by atoms with Crippen molar-refractivity contribution in [3.8, 4) is 17.6 Å². The van der Waals surface area contributed by atoms with Crippen LogP contribution in [0, 0.1) is 11.3 Å². The molecular weight excluding hydrogens is 492 g/mol. The zero-order valence-corrected chi connectivity index (χ0v) is 19.6. The second-order valence-electron chi connectivity index (χ2n) is 6.68. The van der Waals surface area contributed by atoms with E-state index in [1.165, 1.54) is 6.08 Å². The molecule has 3 rings (SSSR count). The Bertz CT molecular complexity index is 1170. The fourth-order valence-electron chi connectivity index (χ4n) is 2.86. The Morgan fingerprint density at radius 1 is 1.12 bits per heavy atom. The summed E-state index contributed by atoms with van der Waals surface area (Å²) in [5.41, 5.74) is 2.01. The lowest BCUT2D eigenvalue weighted by molar-refractivity contribution is -0.112. The molecule has 0 aliphatic carbocycles. The maximum absolute atomic E-state index is 12.7. The molecule has 3 aromatic rings. The number of amides is 1. The van der Waals surface area contributed by atoms with Gasteiger partial charge in [-0.15, -0.1) is 0 Å². The molecule has 1 amide bonds. The highest BCUT2D eigenvalue weighted by atomic mass is 79.9. The second kappa shape index (κ2) is 11.4. The zero-order valence-electron chi connectivity index (χ0n) is 17.3. The van der Waals surface area contributed by atoms with Gasteiger partial charge < -0.3 is 14.8 Å². The van der Waals surface area contributed by atoms with Crippen molar-refractivity contribution in [3.63, 3.8) is 0 Å². The number of nitriles is 1. The van der Waals surface area contributed by atoms with Crippen LogP contribution in [0.5, 0.6) is 11.5 Å². The number of ether oxygens (including phenoxy) is 2. The number of carbonyl (C=O) groups is 1. The Hall–Kier alpha value is -3.27. The van der Waals surface area contributed by atoms with Crippen LogP contribution in [0.15, 0.2) is 76.8 Å². The van der Waals surface area contributed by atoms with Crippen molar-refractivity contribution in [2.45, 2.75) is 13.5 Å². The molecule has 32 heavy (non-hydrogen) atoms. The molecule has 0 bridgehead atoms. The molecule has 0 heterocycles. The van der Waals surface area contributed by atoms with Crippen LogP contribution >= 0.6 is 27.5 Å². The molecule has 162 valence electrons. The van der Waals surface area contributed by atoms with E-state index >= 15 is 0 Å². The lowest BCUT2D eigenvalue weighted by Crippen LogP contribution is -2.13. The topological polar surface area (TPSA) is 71.3 Å². The third-order valence-electron chi connectivity index (χ3n) is 4.34. The summed E-state index contributed by atoms with van der Waals surface area (Å²) in [5.74, 6) is 0.726. The summed E-state index contributed by atoms with van der Waals surface area (Å²) in [4.78, 5) is 12.7. The van der Waals surface area contributed by atoms with Gasteiger partial charge in [0.2, 0.25) is 0 Å². The number of hydrogen-bond acceptors (Lipinski definition) is 4. The van der Waals surface area contributed by atoms with Crippen LogP contribution in [0.2, 0.25) is 5.02 Å². The van der Waals surface area contributed by atoms with Gasteiger partial charge in [0, 0.05) is 20.7 Å². The minimum absolute atomic E-state index is 0.0513. The van der Waals surface area contributed by atoms with E-state index in [1.807, 2.05) is 37.3 Å². The van der Waals surface area contributed by atoms with E-state index in [1.54, 1.807) is 42.5 Å². The number of halogens is 2. The fraction of sp³-hybridized carbons (Fsp3) is 0.120. The van der Waals surface area contributed by atoms with Gasteiger partial charge in [-0.05, 0) is 73.2 Å². The molecule has 0 saturated carbocycles. The van der Waals surface area contributed by atoms with Crippen molar-refractivity contribution in [1.29, 1.82) is 5.26 Å². The minimum atomic E-state index is -0.516. The number of hydrogen-bond donors (Lipinski definition) is 1. The smallest absolute Gasteiger partial charge is 0.266 e. The quantitative estimate of drug-likeness (QED) is 0.272. The van der Waals surface area contributed by atoms with Gasteiger partial charge >= 0.3 is 0 Å². The highest BCUT2D eigenvalue weighted by Gasteiger charge is 2.12. The van der Waals surface area contributed by atoms with Crippen LogP contribution in [-0.4, -0.2) is 12.5 Å². The molecule has 5 nitrogen and oxygen atoms in total. The molecule has 3 aromatic carbocycles. The predicted molar refractivity (Wildman–Crippen MR) is 130 cm³/mol. The summed E-state index contributed by atoms with van der Waals surface area (Å²) in [5, 5.41) is 12.9. The standard InChI is InChI=1S/C25H20BrClN2O3/c1-2-31-23-9-7-22(8-10-23)29-25(30)19(15-28)13-18-14-20(26)6-11-24(18)32-16-17-4-3-5-21(27)12-17/h3-14H,2,16H2,1H3,(H,29,30)/b19-13-. The first-order chi connectivity index (χ1) is 15.5. The number of anilines is 1. The van der Waals surface area contributed by atoms with Crippen LogP contribution < -0.4 is 14.8 Å². The van der Waals surface area contributed by atoms with Crippen LogP contribution in [0.3, 0.4) is 0 Å². The summed E-state index contributed by atoms with van der Waals surface area (Å²) in [6, 6.07) is 21.7. The molecule has 0 spiro atoms. The molecule has 0 atom stereocenters. The first-order valence-electron chi connectivity index (χ1n) is 9.81. The monoisotopic (exact) mass is 510 g/mol. The average Bonchev–Trinajstić information content (AvgIpc) is 2.78. The highest BCUT2D eigenvalue weighted by molar-refractivity contribution is 9.10. The minimum Gasteiger partial charge on any atom is -0.494 e. The molecule has 0 aliphatic rings. The van der Waals surface area contributed by atoms with E-state index in [2.05, 4.69) is 21.2 Å². The van der Waals surface area contributed by atoms with Crippen molar-refractivity contribution < 1.29 is 14.3 Å². The molecule has 7 heteroatoms. The van der Waals surface area contributed by atoms with Gasteiger partial charge in [0.1, 0.15) is 29.7 Å². The molecule has 1 N–H and O–H groups in total. The Balaban J connectivity index is 1.78. The summed E-state index contributed by atoms with van der Waals surface area (Å²) < 4.78 is 12.1. The van der Waals surface area contributed by atoms with Gasteiger partial charge in [0.15, 0.2) is 0 Å². The predicted octanol–water partition coefficient (Wildman–Crippen LogP) is 6.63. The third-order valence-corrected chi connectivity index (χ3v) is 5.07. The maximum atomic E-state index is 12.7. The fourth-order valence-corrected chi connectivity index (χ4v) is 3.45. The van der Waals surface area contributed by atoms with Gasteiger partial charge in [-0.1, -0.05) is 39.7 Å². The molecule has 0 saturated heterocycles. The summed E-state index contributed by atoms with van der Waals surface area (Å²) in [7, 11) is 0. The number of benzene rings is 3. The van der Waals surface area contributed by atoms with Crippen molar-refractivity contribution in [2.24, 2.45) is 0 Å². The summed E-state index contributed by atoms with van der Waals surface area (Å²) in [6.45, 7) is 2.75. The van der Waals surface area contributed by atoms with E-state index in [9.17, 15) is 10.1 Å². The maximum Gasteiger partial charge on any atom is 0.266 e. The van der Waals surface area contributed by atoms with E-state index in [0.29, 0.717) is 41.0 Å². The molecule has 0 fully saturated rings. The second-order valence-corrected chi connectivity index (χ2v) is 8.03. The van der Waals surface area contributed by atoms with Gasteiger partial charge in [0.05, 0.1) is 6.61 Å². The van der Waals surface area contributed by atoms with Crippen molar-refractivity contribution in [1.82, 2.24) is 0 Å². The van der Waals surface area contributed by atoms with Crippen LogP contribution in [0.4, 0.5) is 5.69 Å². The number of nitrogens with one attached hydrogen (secondary N) is 1. The van der Waals surface area contributed by atoms with E-state index < -0.39 is 5.91 Å². The Kier molecular flexibility index (Phi) is 8.32. The lowest BCUT2D eigenvalue weighted by Gasteiger charge is -2.11. The Labute approximate surface area is 200 Å². The molecule has 0 aromatic heterocycles. The van der Waals surface area contributed by atoms with Crippen molar-refractivity contribution >= 4 is 45.2 Å². The van der Waals surface area contributed by atoms with Gasteiger partial charge in [0.25, 0.3) is 5.91 Å². The number of carbonyl (C=O) groups excluding carboxylic acids is 1. The summed E-state index contributed by atoms with van der Waals surface area (Å²) >= 11 is 9.46. The average molecular weight is 512 g/mol. The van der Waals surface area contributed by atoms with Crippen LogP contribution in [0.1, 0.15) is 18.1 Å². The Morgan fingerprint density at radius 2 is 1.91 bits per heavy atom. The zero-order chi connectivity index (χ0) is 22.9. The van der Waals surface area contributed by atoms with E-state index in [0.717, 1.165) is 10.0 Å². The van der Waals surface area contributed by atoms with Crippen LogP contribution in [-0.2, 0) is 11.4 Å². The van der Waals surface area contributed by atoms with E-state index in [4.69, 9.17) is 21.1 Å². The van der Waals surface area contributed by atoms with Gasteiger partial charge in [-0.3, -0.25) is 4.79 Å². The third kappa shape index (κ3) is 6.61. The molecule has 0 aliphatic heterocycles. The largest absolute Gasteiger partial charge is 0.494 e. The van der Waals surface area contributed by atoms with Crippen molar-refractivity contribution in [3.05, 3.63) is 92.9 Å². The first kappa shape index (κ1) is 23.4.